The number of carbonyl (C=O) groups is 1. The molecule has 2 aromatic heterocycles. The van der Waals surface area contributed by atoms with E-state index in [4.69, 9.17) is 0 Å². The van der Waals surface area contributed by atoms with E-state index in [0.717, 1.165) is 49.1 Å². The van der Waals surface area contributed by atoms with Crippen molar-refractivity contribution in [2.45, 2.75) is 20.4 Å². The van der Waals surface area contributed by atoms with Crippen LogP contribution in [0.4, 0.5) is 0 Å². The maximum absolute atomic E-state index is 12.5. The molecule has 22 heavy (non-hydrogen) atoms. The van der Waals surface area contributed by atoms with Crippen molar-refractivity contribution in [2.75, 3.05) is 26.2 Å². The van der Waals surface area contributed by atoms with Gasteiger partial charge in [-0.05, 0) is 13.8 Å². The average Bonchev–Trinajstić information content (AvgIpc) is 3.06. The Morgan fingerprint density at radius 2 is 2.00 bits per heavy atom. The lowest BCUT2D eigenvalue weighted by atomic mass is 10.2. The van der Waals surface area contributed by atoms with E-state index in [2.05, 4.69) is 20.4 Å². The van der Waals surface area contributed by atoms with Gasteiger partial charge in [0.15, 0.2) is 0 Å². The first kappa shape index (κ1) is 15.2. The van der Waals surface area contributed by atoms with Crippen LogP contribution >= 0.6 is 11.3 Å². The highest BCUT2D eigenvalue weighted by atomic mass is 32.1. The van der Waals surface area contributed by atoms with E-state index in [1.807, 2.05) is 25.8 Å². The molecule has 0 atom stereocenters. The van der Waals surface area contributed by atoms with Gasteiger partial charge in [0.25, 0.3) is 5.91 Å². The van der Waals surface area contributed by atoms with Gasteiger partial charge in [0.1, 0.15) is 0 Å². The second-order valence-corrected chi connectivity index (χ2v) is 6.76. The monoisotopic (exact) mass is 319 g/mol. The van der Waals surface area contributed by atoms with E-state index in [0.29, 0.717) is 5.56 Å². The fourth-order valence-corrected chi connectivity index (χ4v) is 3.30. The van der Waals surface area contributed by atoms with Crippen LogP contribution in [0.25, 0.3) is 0 Å². The topological polar surface area (TPSA) is 54.3 Å². The minimum atomic E-state index is 0.0924. The molecule has 0 saturated carbocycles. The Labute approximate surface area is 134 Å². The Morgan fingerprint density at radius 1 is 1.27 bits per heavy atom. The first-order valence-corrected chi connectivity index (χ1v) is 8.34. The van der Waals surface area contributed by atoms with Crippen LogP contribution in [0.5, 0.6) is 0 Å². The number of carbonyl (C=O) groups excluding carboxylic acids is 1. The molecular weight excluding hydrogens is 298 g/mol. The summed E-state index contributed by atoms with van der Waals surface area (Å²) in [6.07, 6.45) is 1.67. The summed E-state index contributed by atoms with van der Waals surface area (Å²) in [6.45, 7) is 8.14. The van der Waals surface area contributed by atoms with Crippen molar-refractivity contribution >= 4 is 17.2 Å². The van der Waals surface area contributed by atoms with Crippen LogP contribution in [0, 0.1) is 13.8 Å². The van der Waals surface area contributed by atoms with E-state index in [9.17, 15) is 4.79 Å². The molecule has 0 N–H and O–H groups in total. The van der Waals surface area contributed by atoms with Crippen molar-refractivity contribution in [3.63, 3.8) is 0 Å². The largest absolute Gasteiger partial charge is 0.336 e. The molecule has 2 aromatic rings. The molecule has 1 aliphatic rings. The molecule has 1 aliphatic heterocycles. The molecule has 0 unspecified atom stereocenters. The molecule has 1 fully saturated rings. The van der Waals surface area contributed by atoms with E-state index >= 15 is 0 Å². The van der Waals surface area contributed by atoms with Crippen molar-refractivity contribution in [2.24, 2.45) is 7.05 Å². The Kier molecular flexibility index (Phi) is 4.26. The smallest absolute Gasteiger partial charge is 0.257 e. The van der Waals surface area contributed by atoms with E-state index in [1.165, 1.54) is 0 Å². The summed E-state index contributed by atoms with van der Waals surface area (Å²) in [4.78, 5) is 21.3. The summed E-state index contributed by atoms with van der Waals surface area (Å²) in [5.74, 6) is 0.0924. The van der Waals surface area contributed by atoms with E-state index in [1.54, 1.807) is 22.2 Å². The van der Waals surface area contributed by atoms with Crippen molar-refractivity contribution in [3.8, 4) is 0 Å². The summed E-state index contributed by atoms with van der Waals surface area (Å²) in [6, 6.07) is 0. The van der Waals surface area contributed by atoms with Crippen molar-refractivity contribution in [1.29, 1.82) is 0 Å². The molecule has 0 radical (unpaired) electrons. The molecule has 7 heteroatoms. The number of piperazine rings is 1. The van der Waals surface area contributed by atoms with Crippen LogP contribution in [0.15, 0.2) is 11.6 Å². The molecular formula is C15H21N5OS. The lowest BCUT2D eigenvalue weighted by Crippen LogP contribution is -2.48. The molecule has 3 heterocycles. The maximum Gasteiger partial charge on any atom is 0.257 e. The zero-order chi connectivity index (χ0) is 15.7. The summed E-state index contributed by atoms with van der Waals surface area (Å²) >= 11 is 1.69. The van der Waals surface area contributed by atoms with E-state index in [-0.39, 0.29) is 5.91 Å². The van der Waals surface area contributed by atoms with Crippen LogP contribution in [0.3, 0.4) is 0 Å². The van der Waals surface area contributed by atoms with Crippen LogP contribution in [-0.4, -0.2) is 56.7 Å². The second kappa shape index (κ2) is 6.18. The highest BCUT2D eigenvalue weighted by molar-refractivity contribution is 7.09. The van der Waals surface area contributed by atoms with E-state index < -0.39 is 0 Å². The van der Waals surface area contributed by atoms with Crippen molar-refractivity contribution in [3.05, 3.63) is 33.5 Å². The lowest BCUT2D eigenvalue weighted by Gasteiger charge is -2.34. The minimum Gasteiger partial charge on any atom is -0.336 e. The number of nitrogens with zero attached hydrogens (tertiary/aromatic N) is 5. The molecule has 1 amide bonds. The molecule has 3 rings (SSSR count). The zero-order valence-electron chi connectivity index (χ0n) is 13.2. The number of amides is 1. The fourth-order valence-electron chi connectivity index (χ4n) is 2.70. The molecule has 0 aliphatic carbocycles. The third-order valence-corrected chi connectivity index (χ3v) is 5.00. The van der Waals surface area contributed by atoms with Gasteiger partial charge < -0.3 is 4.90 Å². The summed E-state index contributed by atoms with van der Waals surface area (Å²) in [5.41, 5.74) is 2.77. The predicted octanol–water partition coefficient (Wildman–Crippen LogP) is 1.45. The molecule has 118 valence electrons. The molecule has 1 saturated heterocycles. The predicted molar refractivity (Wildman–Crippen MR) is 86.0 cm³/mol. The average molecular weight is 319 g/mol. The van der Waals surface area contributed by atoms with Crippen molar-refractivity contribution in [1.82, 2.24) is 24.6 Å². The molecule has 0 bridgehead atoms. The molecule has 0 aromatic carbocycles. The normalized spacial score (nSPS) is 16.2. The Bertz CT molecular complexity index is 669. The summed E-state index contributed by atoms with van der Waals surface area (Å²) in [7, 11) is 1.86. The SMILES string of the molecule is Cc1nc(CN2CCN(C(=O)c3cnn(C)c3C)CC2)cs1. The lowest BCUT2D eigenvalue weighted by molar-refractivity contribution is 0.0626. The van der Waals surface area contributed by atoms with Gasteiger partial charge in [-0.25, -0.2) is 4.98 Å². The second-order valence-electron chi connectivity index (χ2n) is 5.69. The summed E-state index contributed by atoms with van der Waals surface area (Å²) < 4.78 is 1.74. The van der Waals surface area contributed by atoms with Gasteiger partial charge >= 0.3 is 0 Å². The van der Waals surface area contributed by atoms with Crippen LogP contribution in [0.1, 0.15) is 26.8 Å². The first-order valence-electron chi connectivity index (χ1n) is 7.46. The Hall–Kier alpha value is -1.73. The number of aromatic nitrogens is 3. The zero-order valence-corrected chi connectivity index (χ0v) is 14.1. The third-order valence-electron chi connectivity index (χ3n) is 4.18. The quantitative estimate of drug-likeness (QED) is 0.859. The van der Waals surface area contributed by atoms with Crippen LogP contribution in [0.2, 0.25) is 0 Å². The number of aryl methyl sites for hydroxylation is 2. The fraction of sp³-hybridized carbons (Fsp3) is 0.533. The van der Waals surface area contributed by atoms with Crippen LogP contribution in [-0.2, 0) is 13.6 Å². The minimum absolute atomic E-state index is 0.0924. The van der Waals surface area contributed by atoms with Gasteiger partial charge in [-0.2, -0.15) is 5.10 Å². The van der Waals surface area contributed by atoms with Gasteiger partial charge in [0.2, 0.25) is 0 Å². The van der Waals surface area contributed by atoms with Crippen LogP contribution < -0.4 is 0 Å². The van der Waals surface area contributed by atoms with Gasteiger partial charge in [0.05, 0.1) is 22.5 Å². The highest BCUT2D eigenvalue weighted by Gasteiger charge is 2.24. The summed E-state index contributed by atoms with van der Waals surface area (Å²) in [5, 5.41) is 7.38. The number of hydrogen-bond donors (Lipinski definition) is 0. The number of hydrogen-bond acceptors (Lipinski definition) is 5. The van der Waals surface area contributed by atoms with Gasteiger partial charge in [0, 0.05) is 50.8 Å². The number of thiazole rings is 1. The third kappa shape index (κ3) is 3.05. The van der Waals surface area contributed by atoms with Gasteiger partial charge in [-0.15, -0.1) is 11.3 Å². The maximum atomic E-state index is 12.5. The van der Waals surface area contributed by atoms with Gasteiger partial charge in [-0.1, -0.05) is 0 Å². The highest BCUT2D eigenvalue weighted by Crippen LogP contribution is 2.15. The Morgan fingerprint density at radius 3 is 2.55 bits per heavy atom. The Balaban J connectivity index is 1.57. The number of rotatable bonds is 3. The standard InChI is InChI=1S/C15H21N5OS/c1-11-14(8-16-18(11)3)15(21)20-6-4-19(5-7-20)9-13-10-22-12(2)17-13/h8,10H,4-7,9H2,1-3H3. The molecule has 0 spiro atoms. The van der Waals surface area contributed by atoms with Gasteiger partial charge in [-0.3, -0.25) is 14.4 Å². The molecule has 6 nitrogen and oxygen atoms in total. The van der Waals surface area contributed by atoms with Crippen molar-refractivity contribution < 1.29 is 4.79 Å². The first-order chi connectivity index (χ1) is 10.5.